The van der Waals surface area contributed by atoms with E-state index in [9.17, 15) is 0 Å². The van der Waals surface area contributed by atoms with E-state index in [0.717, 1.165) is 34.9 Å². The fourth-order valence-corrected chi connectivity index (χ4v) is 2.77. The average Bonchev–Trinajstić information content (AvgIpc) is 2.75. The number of rotatable bonds is 6. The van der Waals surface area contributed by atoms with E-state index >= 15 is 0 Å². The summed E-state index contributed by atoms with van der Waals surface area (Å²) in [7, 11) is 0. The van der Waals surface area contributed by atoms with Gasteiger partial charge in [-0.3, -0.25) is 0 Å². The van der Waals surface area contributed by atoms with Crippen LogP contribution in [0.4, 0.5) is 5.13 Å². The lowest BCUT2D eigenvalue weighted by atomic mass is 10.1. The molecule has 0 spiro atoms. The molecule has 1 aromatic heterocycles. The van der Waals surface area contributed by atoms with Gasteiger partial charge in [-0.25, -0.2) is 4.98 Å². The van der Waals surface area contributed by atoms with Crippen molar-refractivity contribution in [3.05, 3.63) is 30.0 Å². The van der Waals surface area contributed by atoms with Crippen LogP contribution in [0.5, 0.6) is 5.75 Å². The van der Waals surface area contributed by atoms with Gasteiger partial charge in [-0.05, 0) is 43.2 Å². The number of nitrogens with zero attached hydrogens (tertiary/aromatic N) is 1. The molecule has 1 aromatic carbocycles. The Balaban J connectivity index is 2.00. The second kappa shape index (κ2) is 6.57. The minimum absolute atomic E-state index is 0.618. The van der Waals surface area contributed by atoms with Gasteiger partial charge in [-0.15, -0.1) is 0 Å². The molecular formula is C15H20N2OS. The van der Waals surface area contributed by atoms with E-state index in [1.807, 2.05) is 19.1 Å². The van der Waals surface area contributed by atoms with Crippen LogP contribution in [0.3, 0.4) is 0 Å². The molecule has 0 atom stereocenters. The first-order chi connectivity index (χ1) is 9.20. The van der Waals surface area contributed by atoms with Gasteiger partial charge in [0.05, 0.1) is 17.2 Å². The second-order valence-corrected chi connectivity index (χ2v) is 5.58. The standard InChI is InChI=1S/C15H20N2OS/c1-3-4-5-10-18-13-8-6-12(7-9-13)14-11(2)17-15(16)19-14/h6-9H,3-5,10H2,1-2H3,(H2,16,17). The van der Waals surface area contributed by atoms with Crippen molar-refractivity contribution in [3.63, 3.8) is 0 Å². The molecule has 3 nitrogen and oxygen atoms in total. The van der Waals surface area contributed by atoms with E-state index in [1.54, 1.807) is 0 Å². The average molecular weight is 276 g/mol. The molecule has 0 amide bonds. The highest BCUT2D eigenvalue weighted by atomic mass is 32.1. The predicted molar refractivity (Wildman–Crippen MR) is 81.7 cm³/mol. The summed E-state index contributed by atoms with van der Waals surface area (Å²) in [6, 6.07) is 8.15. The highest BCUT2D eigenvalue weighted by molar-refractivity contribution is 7.18. The lowest BCUT2D eigenvalue weighted by Crippen LogP contribution is -1.96. The van der Waals surface area contributed by atoms with E-state index in [0.29, 0.717) is 5.13 Å². The molecule has 1 heterocycles. The maximum atomic E-state index is 5.72. The minimum atomic E-state index is 0.618. The summed E-state index contributed by atoms with van der Waals surface area (Å²) in [5.74, 6) is 0.926. The summed E-state index contributed by atoms with van der Waals surface area (Å²) >= 11 is 1.52. The number of anilines is 1. The van der Waals surface area contributed by atoms with Crippen LogP contribution in [0.15, 0.2) is 24.3 Å². The zero-order valence-electron chi connectivity index (χ0n) is 11.5. The molecule has 2 aromatic rings. The summed E-state index contributed by atoms with van der Waals surface area (Å²) in [5, 5.41) is 0.618. The molecule has 102 valence electrons. The number of nitrogens with two attached hydrogens (primary N) is 1. The van der Waals surface area contributed by atoms with Crippen LogP contribution in [-0.4, -0.2) is 11.6 Å². The van der Waals surface area contributed by atoms with E-state index < -0.39 is 0 Å². The Hall–Kier alpha value is -1.55. The number of aryl methyl sites for hydroxylation is 1. The van der Waals surface area contributed by atoms with Crippen molar-refractivity contribution in [2.45, 2.75) is 33.1 Å². The summed E-state index contributed by atoms with van der Waals surface area (Å²) in [6.45, 7) is 4.97. The molecule has 0 bridgehead atoms. The number of aromatic nitrogens is 1. The van der Waals surface area contributed by atoms with Crippen LogP contribution >= 0.6 is 11.3 Å². The monoisotopic (exact) mass is 276 g/mol. The SMILES string of the molecule is CCCCCOc1ccc(-c2sc(N)nc2C)cc1. The normalized spacial score (nSPS) is 10.6. The molecule has 19 heavy (non-hydrogen) atoms. The highest BCUT2D eigenvalue weighted by Crippen LogP contribution is 2.32. The van der Waals surface area contributed by atoms with Crippen LogP contribution in [0.2, 0.25) is 0 Å². The molecule has 0 saturated carbocycles. The zero-order chi connectivity index (χ0) is 13.7. The van der Waals surface area contributed by atoms with Gasteiger partial charge >= 0.3 is 0 Å². The predicted octanol–water partition coefficient (Wildman–Crippen LogP) is 4.27. The van der Waals surface area contributed by atoms with Gasteiger partial charge in [0.1, 0.15) is 5.75 Å². The number of unbranched alkanes of at least 4 members (excludes halogenated alkanes) is 2. The fourth-order valence-electron chi connectivity index (χ4n) is 1.93. The molecule has 0 fully saturated rings. The third-order valence-electron chi connectivity index (χ3n) is 2.95. The first-order valence-electron chi connectivity index (χ1n) is 6.67. The topological polar surface area (TPSA) is 48.1 Å². The largest absolute Gasteiger partial charge is 0.494 e. The Morgan fingerprint density at radius 2 is 1.95 bits per heavy atom. The van der Waals surface area contributed by atoms with Crippen LogP contribution < -0.4 is 10.5 Å². The Bertz CT molecular complexity index is 519. The molecule has 0 aliphatic heterocycles. The third kappa shape index (κ3) is 3.70. The molecule has 0 aliphatic rings. The van der Waals surface area contributed by atoms with Gasteiger partial charge in [0.2, 0.25) is 0 Å². The van der Waals surface area contributed by atoms with Gasteiger partial charge in [0.25, 0.3) is 0 Å². The maximum absolute atomic E-state index is 5.72. The molecule has 0 aliphatic carbocycles. The molecular weight excluding hydrogens is 256 g/mol. The van der Waals surface area contributed by atoms with Crippen LogP contribution in [0, 0.1) is 6.92 Å². The van der Waals surface area contributed by atoms with Gasteiger partial charge < -0.3 is 10.5 Å². The van der Waals surface area contributed by atoms with Crippen molar-refractivity contribution in [1.82, 2.24) is 4.98 Å². The van der Waals surface area contributed by atoms with Crippen molar-refractivity contribution >= 4 is 16.5 Å². The van der Waals surface area contributed by atoms with Crippen LogP contribution in [0.1, 0.15) is 31.9 Å². The van der Waals surface area contributed by atoms with Crippen molar-refractivity contribution in [2.75, 3.05) is 12.3 Å². The third-order valence-corrected chi connectivity index (χ3v) is 3.98. The van der Waals surface area contributed by atoms with Gasteiger partial charge in [0.15, 0.2) is 5.13 Å². The Morgan fingerprint density at radius 1 is 1.21 bits per heavy atom. The van der Waals surface area contributed by atoms with Crippen molar-refractivity contribution < 1.29 is 4.74 Å². The lowest BCUT2D eigenvalue weighted by Gasteiger charge is -2.06. The quantitative estimate of drug-likeness (QED) is 0.801. The number of ether oxygens (including phenoxy) is 1. The number of hydrogen-bond acceptors (Lipinski definition) is 4. The molecule has 2 N–H and O–H groups in total. The Kier molecular flexibility index (Phi) is 4.80. The second-order valence-electron chi connectivity index (χ2n) is 4.55. The van der Waals surface area contributed by atoms with E-state index in [2.05, 4.69) is 24.0 Å². The first kappa shape index (κ1) is 13.9. The molecule has 0 radical (unpaired) electrons. The maximum Gasteiger partial charge on any atom is 0.180 e. The summed E-state index contributed by atoms with van der Waals surface area (Å²) in [4.78, 5) is 5.38. The van der Waals surface area contributed by atoms with Crippen molar-refractivity contribution in [2.24, 2.45) is 0 Å². The van der Waals surface area contributed by atoms with Crippen molar-refractivity contribution in [3.8, 4) is 16.2 Å². The Labute approximate surface area is 118 Å². The van der Waals surface area contributed by atoms with E-state index in [-0.39, 0.29) is 0 Å². The zero-order valence-corrected chi connectivity index (χ0v) is 12.3. The van der Waals surface area contributed by atoms with Gasteiger partial charge in [-0.1, -0.05) is 31.1 Å². The Morgan fingerprint density at radius 3 is 2.53 bits per heavy atom. The van der Waals surface area contributed by atoms with Gasteiger partial charge in [-0.2, -0.15) is 0 Å². The first-order valence-corrected chi connectivity index (χ1v) is 7.48. The highest BCUT2D eigenvalue weighted by Gasteiger charge is 2.07. The minimum Gasteiger partial charge on any atom is -0.494 e. The number of hydrogen-bond donors (Lipinski definition) is 1. The van der Waals surface area contributed by atoms with Gasteiger partial charge in [0, 0.05) is 0 Å². The molecule has 0 saturated heterocycles. The number of benzene rings is 1. The number of nitrogen functional groups attached to an aromatic ring is 1. The van der Waals surface area contributed by atoms with Crippen molar-refractivity contribution in [1.29, 1.82) is 0 Å². The van der Waals surface area contributed by atoms with E-state index in [4.69, 9.17) is 10.5 Å². The lowest BCUT2D eigenvalue weighted by molar-refractivity contribution is 0.306. The summed E-state index contributed by atoms with van der Waals surface area (Å²) in [5.41, 5.74) is 7.85. The van der Waals surface area contributed by atoms with Crippen LogP contribution in [-0.2, 0) is 0 Å². The molecule has 2 rings (SSSR count). The molecule has 4 heteroatoms. The number of thiazole rings is 1. The summed E-state index contributed by atoms with van der Waals surface area (Å²) < 4.78 is 5.70. The molecule has 0 unspecified atom stereocenters. The smallest absolute Gasteiger partial charge is 0.180 e. The summed E-state index contributed by atoms with van der Waals surface area (Å²) in [6.07, 6.45) is 3.55. The van der Waals surface area contributed by atoms with Crippen LogP contribution in [0.25, 0.3) is 10.4 Å². The fraction of sp³-hybridized carbons (Fsp3) is 0.400. The van der Waals surface area contributed by atoms with E-state index in [1.165, 1.54) is 24.2 Å².